The molecular formula is C29H41NO9. The number of aliphatic carboxylic acids is 2. The van der Waals surface area contributed by atoms with Gasteiger partial charge in [0.2, 0.25) is 5.75 Å². The lowest BCUT2D eigenvalue weighted by atomic mass is 9.85. The fourth-order valence-electron chi connectivity index (χ4n) is 4.24. The van der Waals surface area contributed by atoms with Crippen molar-refractivity contribution in [3.8, 4) is 23.0 Å². The average Bonchev–Trinajstić information content (AvgIpc) is 2.93. The number of hydrogen-bond donors (Lipinski definition) is 2. The third-order valence-electron chi connectivity index (χ3n) is 6.20. The van der Waals surface area contributed by atoms with E-state index in [1.54, 1.807) is 28.4 Å². The Morgan fingerprint density at radius 2 is 1.56 bits per heavy atom. The second-order valence-electron chi connectivity index (χ2n) is 9.20. The lowest BCUT2D eigenvalue weighted by molar-refractivity contribution is -0.159. The number of aldehydes is 1. The van der Waals surface area contributed by atoms with Crippen molar-refractivity contribution in [1.82, 2.24) is 4.90 Å². The summed E-state index contributed by atoms with van der Waals surface area (Å²) in [5.74, 6) is -1.04. The molecule has 1 atom stereocenters. The molecule has 0 aliphatic heterocycles. The van der Waals surface area contributed by atoms with Gasteiger partial charge in [0.1, 0.15) is 12.0 Å². The molecule has 0 amide bonds. The molecule has 0 aromatic heterocycles. The number of carboxylic acid groups (broad SMARTS) is 2. The van der Waals surface area contributed by atoms with Gasteiger partial charge in [-0.05, 0) is 68.1 Å². The summed E-state index contributed by atoms with van der Waals surface area (Å²) >= 11 is 0. The van der Waals surface area contributed by atoms with Crippen LogP contribution in [0.3, 0.4) is 0 Å². The van der Waals surface area contributed by atoms with E-state index in [9.17, 15) is 4.79 Å². The number of rotatable bonds is 14. The highest BCUT2D eigenvalue weighted by molar-refractivity contribution is 6.27. The molecule has 10 heteroatoms. The van der Waals surface area contributed by atoms with Crippen LogP contribution in [-0.4, -0.2) is 81.9 Å². The molecule has 0 heterocycles. The first-order valence-corrected chi connectivity index (χ1v) is 12.6. The highest BCUT2D eigenvalue weighted by Gasteiger charge is 2.26. The summed E-state index contributed by atoms with van der Waals surface area (Å²) in [6.45, 7) is 6.05. The summed E-state index contributed by atoms with van der Waals surface area (Å²) in [7, 11) is 8.63. The number of ether oxygens (including phenoxy) is 4. The molecule has 0 saturated carbocycles. The zero-order valence-corrected chi connectivity index (χ0v) is 23.9. The Labute approximate surface area is 230 Å². The molecule has 2 aromatic rings. The van der Waals surface area contributed by atoms with Crippen molar-refractivity contribution in [3.05, 3.63) is 47.0 Å². The largest absolute Gasteiger partial charge is 0.497 e. The fourth-order valence-corrected chi connectivity index (χ4v) is 4.24. The predicted molar refractivity (Wildman–Crippen MR) is 148 cm³/mol. The van der Waals surface area contributed by atoms with Crippen LogP contribution in [0.5, 0.6) is 23.0 Å². The van der Waals surface area contributed by atoms with Gasteiger partial charge in [0.05, 0.1) is 28.4 Å². The maximum atomic E-state index is 12.1. The van der Waals surface area contributed by atoms with Crippen LogP contribution in [-0.2, 0) is 20.8 Å². The molecule has 39 heavy (non-hydrogen) atoms. The molecule has 0 bridgehead atoms. The minimum atomic E-state index is -1.82. The summed E-state index contributed by atoms with van der Waals surface area (Å²) < 4.78 is 22.1. The normalized spacial score (nSPS) is 11.3. The number of hydrogen-bond acceptors (Lipinski definition) is 8. The number of carbonyl (C=O) groups is 3. The van der Waals surface area contributed by atoms with Crippen LogP contribution in [0.1, 0.15) is 55.2 Å². The number of benzene rings is 2. The van der Waals surface area contributed by atoms with Crippen LogP contribution in [0, 0.1) is 0 Å². The smallest absolute Gasteiger partial charge is 0.414 e. The van der Waals surface area contributed by atoms with Crippen molar-refractivity contribution in [2.24, 2.45) is 0 Å². The molecule has 2 aromatic carbocycles. The molecule has 216 valence electrons. The van der Waals surface area contributed by atoms with E-state index in [0.29, 0.717) is 17.2 Å². The van der Waals surface area contributed by atoms with Crippen LogP contribution in [0.4, 0.5) is 0 Å². The van der Waals surface area contributed by atoms with E-state index in [4.69, 9.17) is 38.7 Å². The van der Waals surface area contributed by atoms with Gasteiger partial charge in [0.25, 0.3) is 0 Å². The molecule has 0 spiro atoms. The Morgan fingerprint density at radius 1 is 0.923 bits per heavy atom. The Morgan fingerprint density at radius 3 is 2.05 bits per heavy atom. The Kier molecular flexibility index (Phi) is 14.4. The van der Waals surface area contributed by atoms with Crippen molar-refractivity contribution in [1.29, 1.82) is 0 Å². The maximum Gasteiger partial charge on any atom is 0.414 e. The Hall–Kier alpha value is -3.79. The Bertz CT molecular complexity index is 1070. The molecule has 0 saturated heterocycles. The molecule has 2 N–H and O–H groups in total. The maximum absolute atomic E-state index is 12.1. The standard InChI is InChI=1S/C27H39NO5.C2H2O4/c1-19(2)25-23(17-24(31-5)26(32-6)27(25)33-7)21(18-29)11-9-14-28(3)15-13-20-10-8-12-22(16-20)30-4;3-1(4)2(5)6/h8,10,12,16-19,21H,9,11,13-15H2,1-7H3;(H,3,4)(H,5,6). The van der Waals surface area contributed by atoms with Gasteiger partial charge in [0.15, 0.2) is 11.5 Å². The molecule has 0 aliphatic rings. The molecule has 0 radical (unpaired) electrons. The van der Waals surface area contributed by atoms with E-state index in [1.165, 1.54) is 5.56 Å². The van der Waals surface area contributed by atoms with Gasteiger partial charge in [-0.25, -0.2) is 9.59 Å². The van der Waals surface area contributed by atoms with Crippen molar-refractivity contribution < 1.29 is 43.5 Å². The number of nitrogens with zero attached hydrogens (tertiary/aromatic N) is 1. The number of carboxylic acids is 2. The van der Waals surface area contributed by atoms with E-state index in [0.717, 1.165) is 55.5 Å². The van der Waals surface area contributed by atoms with Crippen LogP contribution in [0.2, 0.25) is 0 Å². The van der Waals surface area contributed by atoms with E-state index in [1.807, 2.05) is 18.2 Å². The second-order valence-corrected chi connectivity index (χ2v) is 9.20. The summed E-state index contributed by atoms with van der Waals surface area (Å²) in [5.41, 5.74) is 3.21. The summed E-state index contributed by atoms with van der Waals surface area (Å²) in [4.78, 5) is 32.6. The van der Waals surface area contributed by atoms with Gasteiger partial charge < -0.3 is 38.9 Å². The molecule has 0 aliphatic carbocycles. The van der Waals surface area contributed by atoms with Gasteiger partial charge in [-0.15, -0.1) is 0 Å². The van der Waals surface area contributed by atoms with E-state index >= 15 is 0 Å². The summed E-state index contributed by atoms with van der Waals surface area (Å²) in [6.07, 6.45) is 3.66. The van der Waals surface area contributed by atoms with Crippen LogP contribution >= 0.6 is 0 Å². The number of methoxy groups -OCH3 is 4. The second kappa shape index (κ2) is 16.9. The highest BCUT2D eigenvalue weighted by Crippen LogP contribution is 2.47. The topological polar surface area (TPSA) is 132 Å². The van der Waals surface area contributed by atoms with Gasteiger partial charge in [-0.3, -0.25) is 0 Å². The van der Waals surface area contributed by atoms with Crippen molar-refractivity contribution in [2.75, 3.05) is 48.6 Å². The van der Waals surface area contributed by atoms with Crippen molar-refractivity contribution in [2.45, 2.75) is 44.9 Å². The van der Waals surface area contributed by atoms with Gasteiger partial charge in [0, 0.05) is 18.0 Å². The lowest BCUT2D eigenvalue weighted by Crippen LogP contribution is -2.23. The monoisotopic (exact) mass is 547 g/mol. The highest BCUT2D eigenvalue weighted by atomic mass is 16.5. The third-order valence-corrected chi connectivity index (χ3v) is 6.20. The summed E-state index contributed by atoms with van der Waals surface area (Å²) in [6, 6.07) is 10.1. The average molecular weight is 548 g/mol. The van der Waals surface area contributed by atoms with E-state index < -0.39 is 11.9 Å². The van der Waals surface area contributed by atoms with Crippen LogP contribution in [0.15, 0.2) is 30.3 Å². The first-order valence-electron chi connectivity index (χ1n) is 12.6. The van der Waals surface area contributed by atoms with Crippen molar-refractivity contribution in [3.63, 3.8) is 0 Å². The van der Waals surface area contributed by atoms with Crippen molar-refractivity contribution >= 4 is 18.2 Å². The zero-order valence-electron chi connectivity index (χ0n) is 23.9. The fraction of sp³-hybridized carbons (Fsp3) is 0.483. The minimum absolute atomic E-state index is 0.169. The minimum Gasteiger partial charge on any atom is -0.497 e. The van der Waals surface area contributed by atoms with Crippen LogP contribution < -0.4 is 18.9 Å². The first kappa shape index (κ1) is 33.2. The van der Waals surface area contributed by atoms with E-state index in [2.05, 4.69) is 37.9 Å². The number of carbonyl (C=O) groups excluding carboxylic acids is 1. The molecule has 10 nitrogen and oxygen atoms in total. The lowest BCUT2D eigenvalue weighted by Gasteiger charge is -2.25. The predicted octanol–water partition coefficient (Wildman–Crippen LogP) is 4.24. The SMILES string of the molecule is COc1cccc(CCN(C)CCCC(C=O)c2cc(OC)c(OC)c(OC)c2C(C)C)c1.O=C(O)C(=O)O. The molecule has 1 unspecified atom stereocenters. The Balaban J connectivity index is 0.00000113. The zero-order chi connectivity index (χ0) is 29.5. The molecular weight excluding hydrogens is 506 g/mol. The van der Waals surface area contributed by atoms with Gasteiger partial charge >= 0.3 is 11.9 Å². The number of likely N-dealkylation sites (N-methyl/N-ethyl adjacent to an activating group) is 1. The van der Waals surface area contributed by atoms with Crippen LogP contribution in [0.25, 0.3) is 0 Å². The molecule has 0 fully saturated rings. The quantitative estimate of drug-likeness (QED) is 0.261. The molecule has 2 rings (SSSR count). The summed E-state index contributed by atoms with van der Waals surface area (Å²) in [5, 5.41) is 14.8. The van der Waals surface area contributed by atoms with Gasteiger partial charge in [-0.1, -0.05) is 26.0 Å². The van der Waals surface area contributed by atoms with E-state index in [-0.39, 0.29) is 11.8 Å². The first-order chi connectivity index (χ1) is 18.5. The third kappa shape index (κ3) is 10.1. The van der Waals surface area contributed by atoms with Gasteiger partial charge in [-0.2, -0.15) is 0 Å².